The highest BCUT2D eigenvalue weighted by Gasteiger charge is 2.44. The normalized spacial score (nSPS) is 25.0. The minimum Gasteiger partial charge on any atom is -0.480 e. The van der Waals surface area contributed by atoms with Crippen molar-refractivity contribution in [1.29, 1.82) is 0 Å². The Labute approximate surface area is 157 Å². The minimum atomic E-state index is -0.809. The monoisotopic (exact) mass is 375 g/mol. The first kappa shape index (κ1) is 19.3. The number of nitro benzene ring substituents is 1. The maximum Gasteiger partial charge on any atom is 0.320 e. The highest BCUT2D eigenvalue weighted by atomic mass is 16.6. The van der Waals surface area contributed by atoms with Crippen LogP contribution in [0.3, 0.4) is 0 Å². The number of likely N-dealkylation sites (tertiary alicyclic amines) is 1. The van der Waals surface area contributed by atoms with Crippen LogP contribution in [-0.2, 0) is 9.59 Å². The van der Waals surface area contributed by atoms with Gasteiger partial charge in [0.2, 0.25) is 5.91 Å². The van der Waals surface area contributed by atoms with E-state index >= 15 is 0 Å². The van der Waals surface area contributed by atoms with Crippen LogP contribution in [0.25, 0.3) is 0 Å². The Kier molecular flexibility index (Phi) is 5.74. The number of aliphatic carboxylic acids is 1. The number of rotatable bonds is 6. The van der Waals surface area contributed by atoms with E-state index < -0.39 is 16.9 Å². The van der Waals surface area contributed by atoms with Crippen molar-refractivity contribution < 1.29 is 19.6 Å². The zero-order chi connectivity index (χ0) is 19.6. The molecule has 8 heteroatoms. The number of hydrogen-bond donors (Lipinski definition) is 2. The van der Waals surface area contributed by atoms with Gasteiger partial charge in [-0.2, -0.15) is 0 Å². The third kappa shape index (κ3) is 4.27. The van der Waals surface area contributed by atoms with Gasteiger partial charge in [0.1, 0.15) is 6.04 Å². The van der Waals surface area contributed by atoms with Gasteiger partial charge in [0.15, 0.2) is 0 Å². The zero-order valence-electron chi connectivity index (χ0n) is 15.4. The molecule has 1 saturated heterocycles. The van der Waals surface area contributed by atoms with Crippen molar-refractivity contribution in [3.05, 3.63) is 33.9 Å². The van der Waals surface area contributed by atoms with E-state index in [-0.39, 0.29) is 24.1 Å². The van der Waals surface area contributed by atoms with Crippen LogP contribution < -0.4 is 5.32 Å². The quantitative estimate of drug-likeness (QED) is 0.584. The fourth-order valence-corrected chi connectivity index (χ4v) is 4.46. The summed E-state index contributed by atoms with van der Waals surface area (Å²) in [5.74, 6) is -0.605. The van der Waals surface area contributed by atoms with Gasteiger partial charge in [-0.1, -0.05) is 12.8 Å². The second-order valence-electron chi connectivity index (χ2n) is 7.49. The van der Waals surface area contributed by atoms with E-state index in [9.17, 15) is 24.8 Å². The summed E-state index contributed by atoms with van der Waals surface area (Å²) in [6.07, 6.45) is 5.20. The number of aryl methyl sites for hydroxylation is 1. The third-order valence-corrected chi connectivity index (χ3v) is 5.80. The molecule has 0 aromatic heterocycles. The average molecular weight is 375 g/mol. The molecule has 3 unspecified atom stereocenters. The number of carboxylic acids is 1. The molecule has 2 aliphatic rings. The van der Waals surface area contributed by atoms with Crippen molar-refractivity contribution in [1.82, 2.24) is 4.90 Å². The van der Waals surface area contributed by atoms with Gasteiger partial charge in [-0.15, -0.1) is 0 Å². The lowest BCUT2D eigenvalue weighted by molar-refractivity contribution is -0.384. The predicted molar refractivity (Wildman–Crippen MR) is 99.6 cm³/mol. The van der Waals surface area contributed by atoms with E-state index in [1.165, 1.54) is 18.2 Å². The summed E-state index contributed by atoms with van der Waals surface area (Å²) in [5, 5.41) is 23.1. The third-order valence-electron chi connectivity index (χ3n) is 5.80. The number of carbonyl (C=O) groups excluding carboxylic acids is 1. The van der Waals surface area contributed by atoms with E-state index in [0.29, 0.717) is 30.1 Å². The summed E-state index contributed by atoms with van der Waals surface area (Å²) in [5.41, 5.74) is 1.14. The summed E-state index contributed by atoms with van der Waals surface area (Å²) in [6.45, 7) is 2.12. The molecule has 2 N–H and O–H groups in total. The smallest absolute Gasteiger partial charge is 0.320 e. The number of amides is 1. The van der Waals surface area contributed by atoms with Crippen LogP contribution in [0.1, 0.15) is 44.1 Å². The molecule has 0 spiro atoms. The van der Waals surface area contributed by atoms with E-state index in [4.69, 9.17) is 0 Å². The van der Waals surface area contributed by atoms with Crippen LogP contribution >= 0.6 is 0 Å². The second-order valence-corrected chi connectivity index (χ2v) is 7.49. The molecule has 1 aromatic rings. The molecule has 1 saturated carbocycles. The molecule has 3 rings (SSSR count). The first-order valence-electron chi connectivity index (χ1n) is 9.40. The molecule has 1 aliphatic carbocycles. The second kappa shape index (κ2) is 8.04. The van der Waals surface area contributed by atoms with Crippen LogP contribution in [0.5, 0.6) is 0 Å². The van der Waals surface area contributed by atoms with E-state index in [0.717, 1.165) is 25.7 Å². The molecule has 1 aliphatic heterocycles. The summed E-state index contributed by atoms with van der Waals surface area (Å²) >= 11 is 0. The van der Waals surface area contributed by atoms with E-state index in [1.54, 1.807) is 6.92 Å². The predicted octanol–water partition coefficient (Wildman–Crippen LogP) is 2.95. The molecule has 27 heavy (non-hydrogen) atoms. The van der Waals surface area contributed by atoms with Gasteiger partial charge in [-0.3, -0.25) is 24.6 Å². The molecule has 1 aromatic carbocycles. The number of hydrogen-bond acceptors (Lipinski definition) is 5. The first-order valence-corrected chi connectivity index (χ1v) is 9.40. The van der Waals surface area contributed by atoms with Gasteiger partial charge in [0, 0.05) is 36.8 Å². The zero-order valence-corrected chi connectivity index (χ0v) is 15.4. The molecule has 8 nitrogen and oxygen atoms in total. The molecule has 1 heterocycles. The number of nitrogens with zero attached hydrogens (tertiary/aromatic N) is 2. The van der Waals surface area contributed by atoms with Gasteiger partial charge < -0.3 is 10.4 Å². The Morgan fingerprint density at radius 3 is 2.74 bits per heavy atom. The summed E-state index contributed by atoms with van der Waals surface area (Å²) < 4.78 is 0. The van der Waals surface area contributed by atoms with Crippen molar-refractivity contribution in [3.8, 4) is 0 Å². The lowest BCUT2D eigenvalue weighted by atomic mass is 9.85. The van der Waals surface area contributed by atoms with Crippen molar-refractivity contribution in [2.24, 2.45) is 5.92 Å². The highest BCUT2D eigenvalue weighted by molar-refractivity contribution is 5.91. The SMILES string of the molecule is Cc1cc([N+](=O)[O-])ccc1NC(=O)CCN1C(C(=O)O)CC2CCCCC21. The number of nitro groups is 1. The van der Waals surface area contributed by atoms with Gasteiger partial charge >= 0.3 is 5.97 Å². The molecular weight excluding hydrogens is 350 g/mol. The van der Waals surface area contributed by atoms with E-state index in [2.05, 4.69) is 5.32 Å². The van der Waals surface area contributed by atoms with Gasteiger partial charge in [0.05, 0.1) is 4.92 Å². The fraction of sp³-hybridized carbons (Fsp3) is 0.579. The Balaban J connectivity index is 1.61. The number of non-ortho nitro benzene ring substituents is 1. The van der Waals surface area contributed by atoms with Gasteiger partial charge in [0.25, 0.3) is 5.69 Å². The van der Waals surface area contributed by atoms with Crippen molar-refractivity contribution in [3.63, 3.8) is 0 Å². The Bertz CT molecular complexity index is 751. The number of fused-ring (bicyclic) bond motifs is 1. The molecule has 1 amide bonds. The van der Waals surface area contributed by atoms with Crippen LogP contribution in [0.4, 0.5) is 11.4 Å². The Morgan fingerprint density at radius 1 is 1.33 bits per heavy atom. The first-order chi connectivity index (χ1) is 12.9. The average Bonchev–Trinajstić information content (AvgIpc) is 3.00. The Hall–Kier alpha value is -2.48. The number of carboxylic acid groups (broad SMARTS) is 1. The maximum atomic E-state index is 12.4. The Morgan fingerprint density at radius 2 is 2.07 bits per heavy atom. The largest absolute Gasteiger partial charge is 0.480 e. The highest BCUT2D eigenvalue weighted by Crippen LogP contribution is 2.39. The maximum absolute atomic E-state index is 12.4. The van der Waals surface area contributed by atoms with Crippen molar-refractivity contribution in [2.75, 3.05) is 11.9 Å². The topological polar surface area (TPSA) is 113 Å². The summed E-state index contributed by atoms with van der Waals surface area (Å²) in [4.78, 5) is 36.3. The van der Waals surface area contributed by atoms with Crippen molar-refractivity contribution in [2.45, 2.75) is 57.5 Å². The number of carbonyl (C=O) groups is 2. The number of benzene rings is 1. The van der Waals surface area contributed by atoms with Crippen LogP contribution in [0, 0.1) is 23.0 Å². The molecule has 2 fully saturated rings. The summed E-state index contributed by atoms with van der Waals surface area (Å²) in [6, 6.07) is 4.05. The van der Waals surface area contributed by atoms with Gasteiger partial charge in [-0.25, -0.2) is 0 Å². The van der Waals surface area contributed by atoms with Crippen LogP contribution in [-0.4, -0.2) is 45.4 Å². The summed E-state index contributed by atoms with van der Waals surface area (Å²) in [7, 11) is 0. The molecule has 146 valence electrons. The van der Waals surface area contributed by atoms with Gasteiger partial charge in [-0.05, 0) is 43.7 Å². The van der Waals surface area contributed by atoms with E-state index in [1.807, 2.05) is 4.90 Å². The van der Waals surface area contributed by atoms with Crippen molar-refractivity contribution >= 4 is 23.3 Å². The number of nitrogens with one attached hydrogen (secondary N) is 1. The minimum absolute atomic E-state index is 0.0183. The molecular formula is C19H25N3O5. The molecule has 0 bridgehead atoms. The standard InChI is InChI=1S/C19H25N3O5/c1-12-10-14(22(26)27)6-7-15(12)20-18(23)8-9-21-16-5-3-2-4-13(16)11-17(21)19(24)25/h6-7,10,13,16-17H,2-5,8-9,11H2,1H3,(H,20,23)(H,24,25). The van der Waals surface area contributed by atoms with Crippen LogP contribution in [0.2, 0.25) is 0 Å². The fourth-order valence-electron chi connectivity index (χ4n) is 4.46. The lowest BCUT2D eigenvalue weighted by Gasteiger charge is -2.32. The molecule has 3 atom stereocenters. The van der Waals surface area contributed by atoms with Crippen LogP contribution in [0.15, 0.2) is 18.2 Å². The molecule has 0 radical (unpaired) electrons. The number of anilines is 1. The lowest BCUT2D eigenvalue weighted by Crippen LogP contribution is -2.43.